The predicted octanol–water partition coefficient (Wildman–Crippen LogP) is 3.76. The zero-order valence-corrected chi connectivity index (χ0v) is 22.8. The molecule has 0 aliphatic carbocycles. The number of benzene rings is 1. The van der Waals surface area contributed by atoms with Crippen LogP contribution >= 0.6 is 11.6 Å². The number of anilines is 2. The summed E-state index contributed by atoms with van der Waals surface area (Å²) in [4.78, 5) is 30.7. The average molecular weight is 528 g/mol. The molecule has 37 heavy (non-hydrogen) atoms. The number of hydrogen-bond donors (Lipinski definition) is 2. The molecular weight excluding hydrogens is 490 g/mol. The fraction of sp³-hybridized carbons (Fsp3) is 0.519. The quantitative estimate of drug-likeness (QED) is 0.256. The van der Waals surface area contributed by atoms with Gasteiger partial charge in [0.25, 0.3) is 0 Å². The Bertz CT molecular complexity index is 1150. The molecule has 0 unspecified atom stereocenters. The van der Waals surface area contributed by atoms with E-state index in [1.807, 2.05) is 31.2 Å². The molecule has 0 spiro atoms. The molecule has 10 heteroatoms. The SMILES string of the molecule is CCOCCN(C)CCN(CC=O)c1ccc(-c2nc3c(NC4CCN(C)CC4)c(Cl)cnc3[nH]2)cc1. The minimum atomic E-state index is 0.345. The normalized spacial score (nSPS) is 14.9. The Morgan fingerprint density at radius 3 is 2.68 bits per heavy atom. The number of nitrogens with zero attached hydrogens (tertiary/aromatic N) is 5. The summed E-state index contributed by atoms with van der Waals surface area (Å²) in [5, 5.41) is 4.20. The molecule has 0 radical (unpaired) electrons. The molecule has 200 valence electrons. The number of pyridine rings is 1. The highest BCUT2D eigenvalue weighted by Crippen LogP contribution is 2.32. The summed E-state index contributed by atoms with van der Waals surface area (Å²) < 4.78 is 5.44. The third kappa shape index (κ3) is 7.19. The molecule has 9 nitrogen and oxygen atoms in total. The van der Waals surface area contributed by atoms with E-state index in [0.717, 1.165) is 86.7 Å². The van der Waals surface area contributed by atoms with Gasteiger partial charge in [-0.25, -0.2) is 9.97 Å². The number of nitrogens with one attached hydrogen (secondary N) is 2. The Morgan fingerprint density at radius 2 is 1.97 bits per heavy atom. The second-order valence-corrected chi connectivity index (χ2v) is 10.1. The smallest absolute Gasteiger partial charge is 0.159 e. The number of aromatic nitrogens is 3. The fourth-order valence-corrected chi connectivity index (χ4v) is 4.77. The van der Waals surface area contributed by atoms with E-state index in [2.05, 4.69) is 44.1 Å². The third-order valence-corrected chi connectivity index (χ3v) is 7.19. The molecule has 3 aromatic rings. The highest BCUT2D eigenvalue weighted by Gasteiger charge is 2.20. The van der Waals surface area contributed by atoms with E-state index in [9.17, 15) is 4.79 Å². The van der Waals surface area contributed by atoms with Gasteiger partial charge in [0, 0.05) is 43.5 Å². The van der Waals surface area contributed by atoms with E-state index in [1.54, 1.807) is 6.20 Å². The summed E-state index contributed by atoms with van der Waals surface area (Å²) in [5.41, 5.74) is 4.24. The maximum Gasteiger partial charge on any atom is 0.159 e. The Labute approximate surface area is 224 Å². The van der Waals surface area contributed by atoms with Crippen molar-refractivity contribution in [3.63, 3.8) is 0 Å². The average Bonchev–Trinajstić information content (AvgIpc) is 3.34. The standard InChI is InChI=1S/C27H38ClN7O2/c1-4-37-18-16-34(3)13-14-35(15-17-36)22-7-5-20(6-8-22)26-31-25-24(23(28)19-29-27(25)32-26)30-21-9-11-33(2)12-10-21/h5-8,17,19,21H,4,9-16,18H2,1-3H3,(H2,29,30,31,32). The van der Waals surface area contributed by atoms with E-state index >= 15 is 0 Å². The number of fused-ring (bicyclic) bond motifs is 1. The first-order valence-electron chi connectivity index (χ1n) is 13.0. The molecule has 1 fully saturated rings. The number of carbonyl (C=O) groups is 1. The lowest BCUT2D eigenvalue weighted by molar-refractivity contribution is -0.106. The Balaban J connectivity index is 1.47. The maximum atomic E-state index is 11.3. The number of H-pyrrole nitrogens is 1. The van der Waals surface area contributed by atoms with Crippen molar-refractivity contribution in [3.05, 3.63) is 35.5 Å². The summed E-state index contributed by atoms with van der Waals surface area (Å²) in [6.07, 6.45) is 4.75. The van der Waals surface area contributed by atoms with Crippen LogP contribution < -0.4 is 10.2 Å². The lowest BCUT2D eigenvalue weighted by Gasteiger charge is -2.30. The van der Waals surface area contributed by atoms with Crippen molar-refractivity contribution in [2.24, 2.45) is 0 Å². The van der Waals surface area contributed by atoms with Gasteiger partial charge >= 0.3 is 0 Å². The van der Waals surface area contributed by atoms with Crippen molar-refractivity contribution in [1.29, 1.82) is 0 Å². The van der Waals surface area contributed by atoms with E-state index in [0.29, 0.717) is 29.9 Å². The minimum Gasteiger partial charge on any atom is -0.380 e. The molecule has 0 saturated carbocycles. The number of aldehydes is 1. The number of hydrogen-bond acceptors (Lipinski definition) is 8. The van der Waals surface area contributed by atoms with Crippen molar-refractivity contribution in [2.45, 2.75) is 25.8 Å². The van der Waals surface area contributed by atoms with E-state index in [1.165, 1.54) is 0 Å². The van der Waals surface area contributed by atoms with E-state index in [4.69, 9.17) is 21.3 Å². The van der Waals surface area contributed by atoms with Crippen LogP contribution in [0.15, 0.2) is 30.5 Å². The number of likely N-dealkylation sites (N-methyl/N-ethyl adjacent to an activating group) is 1. The van der Waals surface area contributed by atoms with Crippen LogP contribution in [0.3, 0.4) is 0 Å². The van der Waals surface area contributed by atoms with Crippen LogP contribution in [0.25, 0.3) is 22.6 Å². The van der Waals surface area contributed by atoms with Crippen LogP contribution in [0.5, 0.6) is 0 Å². The molecule has 0 bridgehead atoms. The largest absolute Gasteiger partial charge is 0.380 e. The van der Waals surface area contributed by atoms with Gasteiger partial charge in [-0.3, -0.25) is 0 Å². The van der Waals surface area contributed by atoms with Gasteiger partial charge in [-0.2, -0.15) is 0 Å². The monoisotopic (exact) mass is 527 g/mol. The molecule has 0 amide bonds. The topological polar surface area (TPSA) is 89.6 Å². The highest BCUT2D eigenvalue weighted by atomic mass is 35.5. The van der Waals surface area contributed by atoms with Crippen LogP contribution in [0, 0.1) is 0 Å². The molecule has 2 N–H and O–H groups in total. The van der Waals surface area contributed by atoms with Crippen molar-refractivity contribution in [2.75, 3.05) is 76.8 Å². The van der Waals surface area contributed by atoms with Crippen LogP contribution in [-0.4, -0.2) is 104 Å². The molecule has 1 saturated heterocycles. The second-order valence-electron chi connectivity index (χ2n) is 9.65. The zero-order valence-electron chi connectivity index (χ0n) is 22.0. The summed E-state index contributed by atoms with van der Waals surface area (Å²) in [6.45, 7) is 8.35. The first kappa shape index (κ1) is 27.3. The molecule has 2 aromatic heterocycles. The molecule has 4 rings (SSSR count). The molecule has 1 aromatic carbocycles. The second kappa shape index (κ2) is 13.2. The van der Waals surface area contributed by atoms with E-state index in [-0.39, 0.29) is 0 Å². The van der Waals surface area contributed by atoms with Gasteiger partial charge in [-0.05, 0) is 71.2 Å². The summed E-state index contributed by atoms with van der Waals surface area (Å²) >= 11 is 6.55. The number of imidazole rings is 1. The van der Waals surface area contributed by atoms with Crippen LogP contribution in [0.4, 0.5) is 11.4 Å². The Morgan fingerprint density at radius 1 is 1.22 bits per heavy atom. The predicted molar refractivity (Wildman–Crippen MR) is 151 cm³/mol. The summed E-state index contributed by atoms with van der Waals surface area (Å²) in [6, 6.07) is 8.47. The van der Waals surface area contributed by atoms with Crippen LogP contribution in [-0.2, 0) is 9.53 Å². The van der Waals surface area contributed by atoms with Crippen molar-refractivity contribution < 1.29 is 9.53 Å². The van der Waals surface area contributed by atoms with Crippen molar-refractivity contribution in [3.8, 4) is 11.4 Å². The molecule has 3 heterocycles. The van der Waals surface area contributed by atoms with Gasteiger partial charge in [0.05, 0.1) is 30.1 Å². The minimum absolute atomic E-state index is 0.345. The zero-order chi connectivity index (χ0) is 26.2. The van der Waals surface area contributed by atoms with Crippen LogP contribution in [0.2, 0.25) is 5.02 Å². The Kier molecular flexibility index (Phi) is 9.74. The van der Waals surface area contributed by atoms with Crippen molar-refractivity contribution >= 4 is 40.4 Å². The van der Waals surface area contributed by atoms with Gasteiger partial charge in [-0.1, -0.05) is 11.6 Å². The number of carbonyl (C=O) groups excluding carboxylic acids is 1. The highest BCUT2D eigenvalue weighted by molar-refractivity contribution is 6.34. The fourth-order valence-electron chi connectivity index (χ4n) is 4.58. The number of likely N-dealkylation sites (tertiary alicyclic amines) is 1. The molecule has 1 aliphatic heterocycles. The maximum absolute atomic E-state index is 11.3. The number of ether oxygens (including phenoxy) is 1. The first-order valence-corrected chi connectivity index (χ1v) is 13.4. The first-order chi connectivity index (χ1) is 18.0. The number of aromatic amines is 1. The van der Waals surface area contributed by atoms with Gasteiger partial charge < -0.3 is 34.5 Å². The number of halogens is 1. The molecule has 0 atom stereocenters. The lowest BCUT2D eigenvalue weighted by atomic mass is 10.1. The number of rotatable bonds is 13. The van der Waals surface area contributed by atoms with Gasteiger partial charge in [0.1, 0.15) is 17.6 Å². The summed E-state index contributed by atoms with van der Waals surface area (Å²) in [5.74, 6) is 0.736. The van der Waals surface area contributed by atoms with Gasteiger partial charge in [0.2, 0.25) is 0 Å². The Hall–Kier alpha value is -2.72. The number of piperidine rings is 1. The summed E-state index contributed by atoms with van der Waals surface area (Å²) in [7, 11) is 4.22. The van der Waals surface area contributed by atoms with Crippen molar-refractivity contribution in [1.82, 2.24) is 24.8 Å². The third-order valence-electron chi connectivity index (χ3n) is 6.91. The lowest BCUT2D eigenvalue weighted by Crippen LogP contribution is -2.36. The van der Waals surface area contributed by atoms with Gasteiger partial charge in [0.15, 0.2) is 5.65 Å². The van der Waals surface area contributed by atoms with E-state index < -0.39 is 0 Å². The van der Waals surface area contributed by atoms with Gasteiger partial charge in [-0.15, -0.1) is 0 Å². The van der Waals surface area contributed by atoms with Crippen LogP contribution in [0.1, 0.15) is 19.8 Å². The molecule has 1 aliphatic rings. The molecular formula is C27H38ClN7O2.